The number of nitrogens with one attached hydrogen (secondary N) is 1. The van der Waals surface area contributed by atoms with Crippen LogP contribution in [-0.2, 0) is 9.59 Å². The molecule has 45 heavy (non-hydrogen) atoms. The van der Waals surface area contributed by atoms with Crippen molar-refractivity contribution in [3.8, 4) is 33.9 Å². The number of hydrogen-bond donors (Lipinski definition) is 5. The molecule has 5 rings (SSSR count). The number of aliphatic carboxylic acids is 2. The third-order valence-corrected chi connectivity index (χ3v) is 6.89. The Kier molecular flexibility index (Phi) is 8.09. The van der Waals surface area contributed by atoms with E-state index < -0.39 is 36.9 Å². The average molecular weight is 613 g/mol. The van der Waals surface area contributed by atoms with Crippen molar-refractivity contribution in [2.24, 2.45) is 0 Å². The minimum absolute atomic E-state index is 0.00806. The normalized spacial score (nSPS) is 10.9. The van der Waals surface area contributed by atoms with Gasteiger partial charge in [-0.3, -0.25) is 19.2 Å². The van der Waals surface area contributed by atoms with Crippen LogP contribution in [0.3, 0.4) is 0 Å². The Balaban J connectivity index is 1.53. The highest BCUT2D eigenvalue weighted by Crippen LogP contribution is 2.42. The van der Waals surface area contributed by atoms with Crippen molar-refractivity contribution in [3.05, 3.63) is 94.1 Å². The third-order valence-electron chi connectivity index (χ3n) is 6.89. The summed E-state index contributed by atoms with van der Waals surface area (Å²) in [5, 5.41) is 41.7. The van der Waals surface area contributed by atoms with Crippen LogP contribution in [0, 0.1) is 0 Å². The summed E-state index contributed by atoms with van der Waals surface area (Å²) in [4.78, 5) is 61.4. The van der Waals surface area contributed by atoms with Crippen molar-refractivity contribution < 1.29 is 48.8 Å². The molecule has 3 aromatic rings. The second-order valence-electron chi connectivity index (χ2n) is 9.87. The first kappa shape index (κ1) is 30.1. The van der Waals surface area contributed by atoms with Gasteiger partial charge >= 0.3 is 17.9 Å². The molecule has 1 aliphatic heterocycles. The number of amides is 1. The zero-order valence-corrected chi connectivity index (χ0v) is 23.4. The van der Waals surface area contributed by atoms with Gasteiger partial charge in [-0.25, -0.2) is 4.79 Å². The number of carbonyl (C=O) groups is 4. The number of carboxylic acids is 3. The van der Waals surface area contributed by atoms with E-state index in [0.717, 1.165) is 4.90 Å². The largest absolute Gasteiger partial charge is 0.508 e. The molecule has 5 N–H and O–H groups in total. The first-order valence-corrected chi connectivity index (χ1v) is 13.2. The van der Waals surface area contributed by atoms with Gasteiger partial charge in [-0.2, -0.15) is 0 Å². The summed E-state index contributed by atoms with van der Waals surface area (Å²) in [6.45, 7) is -1.23. The molecule has 0 atom stereocenters. The number of hydrogen-bond acceptors (Lipinski definition) is 9. The zero-order valence-electron chi connectivity index (χ0n) is 23.4. The second-order valence-corrected chi connectivity index (χ2v) is 9.87. The fourth-order valence-corrected chi connectivity index (χ4v) is 5.00. The summed E-state index contributed by atoms with van der Waals surface area (Å²) >= 11 is 0. The van der Waals surface area contributed by atoms with Crippen LogP contribution in [0.15, 0.2) is 82.0 Å². The van der Waals surface area contributed by atoms with Crippen LogP contribution < -0.4 is 20.4 Å². The molecular formula is C32H24N2O11. The molecule has 228 valence electrons. The van der Waals surface area contributed by atoms with E-state index in [9.17, 15) is 44.4 Å². The Morgan fingerprint density at radius 2 is 1.56 bits per heavy atom. The number of fused-ring (bicyclic) bond motifs is 2. The first-order valence-electron chi connectivity index (χ1n) is 13.2. The molecule has 0 radical (unpaired) electrons. The Bertz CT molecular complexity index is 2020. The molecule has 1 aliphatic carbocycles. The van der Waals surface area contributed by atoms with Crippen LogP contribution in [0.2, 0.25) is 0 Å². The van der Waals surface area contributed by atoms with Gasteiger partial charge in [0.05, 0.1) is 18.4 Å². The van der Waals surface area contributed by atoms with Gasteiger partial charge in [0.1, 0.15) is 35.9 Å². The van der Waals surface area contributed by atoms with Gasteiger partial charge in [-0.1, -0.05) is 6.07 Å². The summed E-state index contributed by atoms with van der Waals surface area (Å²) in [6.07, 6.45) is 0. The van der Waals surface area contributed by atoms with E-state index in [4.69, 9.17) is 9.15 Å². The monoisotopic (exact) mass is 612 g/mol. The first-order chi connectivity index (χ1) is 21.4. The van der Waals surface area contributed by atoms with Gasteiger partial charge in [-0.05, 0) is 54.1 Å². The highest BCUT2D eigenvalue weighted by Gasteiger charge is 2.24. The lowest BCUT2D eigenvalue weighted by molar-refractivity contribution is -0.136. The standard InChI is InChI=1S/C32H24N2O11/c1-44-27-11-17(3-9-24(27)34(14-28(37)38)15-29(39)40)33-31(41)16-2-6-20(23(10-16)32(42)43)30-21-7-4-18(35)12-25(21)45-26-13-19(36)5-8-22(26)30/h2-13,35H,14-15H2,1H3,(H,33,41)(H,37,38)(H,39,40)(H,42,43). The molecule has 0 bridgehead atoms. The molecule has 0 fully saturated rings. The minimum Gasteiger partial charge on any atom is -0.508 e. The van der Waals surface area contributed by atoms with Gasteiger partial charge in [0.25, 0.3) is 5.91 Å². The number of rotatable bonds is 10. The van der Waals surface area contributed by atoms with Gasteiger partial charge in [0.2, 0.25) is 0 Å². The molecule has 0 saturated carbocycles. The molecule has 0 unspecified atom stereocenters. The van der Waals surface area contributed by atoms with Crippen molar-refractivity contribution in [3.63, 3.8) is 0 Å². The number of methoxy groups -OCH3 is 1. The van der Waals surface area contributed by atoms with Crippen molar-refractivity contribution >= 4 is 46.2 Å². The smallest absolute Gasteiger partial charge is 0.336 e. The lowest BCUT2D eigenvalue weighted by Gasteiger charge is -2.23. The molecule has 2 aliphatic rings. The summed E-state index contributed by atoms with van der Waals surface area (Å²) in [7, 11) is 1.30. The van der Waals surface area contributed by atoms with E-state index in [0.29, 0.717) is 16.5 Å². The number of phenolic OH excluding ortho intramolecular Hbond substituents is 1. The van der Waals surface area contributed by atoms with Gasteiger partial charge in [-0.15, -0.1) is 0 Å². The molecule has 0 spiro atoms. The number of anilines is 2. The maximum atomic E-state index is 13.3. The van der Waals surface area contributed by atoms with Gasteiger partial charge in [0.15, 0.2) is 5.43 Å². The van der Waals surface area contributed by atoms with Crippen LogP contribution in [-0.4, -0.2) is 64.4 Å². The Labute approximate surface area is 253 Å². The number of carbonyl (C=O) groups excluding carboxylic acids is 1. The molecular weight excluding hydrogens is 588 g/mol. The van der Waals surface area contributed by atoms with Crippen molar-refractivity contribution in [2.75, 3.05) is 30.4 Å². The number of ether oxygens (including phenoxy) is 1. The maximum absolute atomic E-state index is 13.3. The van der Waals surface area contributed by atoms with Gasteiger partial charge in [0, 0.05) is 46.0 Å². The summed E-state index contributed by atoms with van der Waals surface area (Å²) in [5.41, 5.74) is 1.13. The second kappa shape index (κ2) is 12.1. The Morgan fingerprint density at radius 3 is 2.22 bits per heavy atom. The molecule has 0 saturated heterocycles. The van der Waals surface area contributed by atoms with Crippen LogP contribution >= 0.6 is 0 Å². The molecule has 1 heterocycles. The van der Waals surface area contributed by atoms with E-state index in [-0.39, 0.29) is 56.3 Å². The number of benzene rings is 4. The quantitative estimate of drug-likeness (QED) is 0.141. The van der Waals surface area contributed by atoms with Crippen LogP contribution in [0.25, 0.3) is 33.4 Å². The van der Waals surface area contributed by atoms with Gasteiger partial charge < -0.3 is 39.8 Å². The van der Waals surface area contributed by atoms with Crippen molar-refractivity contribution in [1.82, 2.24) is 0 Å². The summed E-state index contributed by atoms with van der Waals surface area (Å²) in [6, 6.07) is 16.7. The summed E-state index contributed by atoms with van der Waals surface area (Å²) < 4.78 is 11.2. The fourth-order valence-electron chi connectivity index (χ4n) is 5.00. The number of nitrogens with zero attached hydrogens (tertiary/aromatic N) is 1. The molecule has 13 nitrogen and oxygen atoms in total. The topological polar surface area (TPSA) is 204 Å². The predicted octanol–water partition coefficient (Wildman–Crippen LogP) is 4.21. The van der Waals surface area contributed by atoms with Crippen LogP contribution in [0.4, 0.5) is 11.4 Å². The predicted molar refractivity (Wildman–Crippen MR) is 162 cm³/mol. The Morgan fingerprint density at radius 1 is 0.844 bits per heavy atom. The molecule has 1 amide bonds. The maximum Gasteiger partial charge on any atom is 0.336 e. The molecule has 13 heteroatoms. The van der Waals surface area contributed by atoms with Crippen molar-refractivity contribution in [1.29, 1.82) is 0 Å². The lowest BCUT2D eigenvalue weighted by atomic mass is 9.90. The van der Waals surface area contributed by atoms with E-state index in [2.05, 4.69) is 5.32 Å². The summed E-state index contributed by atoms with van der Waals surface area (Å²) in [5.74, 6) is -4.34. The third kappa shape index (κ3) is 6.22. The van der Waals surface area contributed by atoms with E-state index in [1.165, 1.54) is 73.8 Å². The Hall–Kier alpha value is -6.37. The van der Waals surface area contributed by atoms with Crippen LogP contribution in [0.5, 0.6) is 11.5 Å². The van der Waals surface area contributed by atoms with Crippen molar-refractivity contribution in [2.45, 2.75) is 0 Å². The average Bonchev–Trinajstić information content (AvgIpc) is 2.98. The molecule has 0 aromatic heterocycles. The SMILES string of the molecule is COc1cc(NC(=O)c2ccc(-c3c4ccc(=O)cc-4oc4cc(O)ccc34)c(C(=O)O)c2)ccc1N(CC(=O)O)CC(=O)O. The number of aromatic hydroxyl groups is 1. The lowest BCUT2D eigenvalue weighted by Crippen LogP contribution is -2.34. The van der Waals surface area contributed by atoms with E-state index in [1.807, 2.05) is 0 Å². The fraction of sp³-hybridized carbons (Fsp3) is 0.0938. The highest BCUT2D eigenvalue weighted by atomic mass is 16.5. The molecule has 3 aromatic carbocycles. The van der Waals surface area contributed by atoms with E-state index in [1.54, 1.807) is 6.07 Å². The minimum atomic E-state index is -1.33. The number of phenols is 1. The van der Waals surface area contributed by atoms with Crippen LogP contribution in [0.1, 0.15) is 20.7 Å². The number of carboxylic acid groups (broad SMARTS) is 3. The zero-order chi connectivity index (χ0) is 32.4. The highest BCUT2D eigenvalue weighted by molar-refractivity contribution is 6.11. The number of aromatic carboxylic acids is 1. The van der Waals surface area contributed by atoms with E-state index >= 15 is 0 Å².